The number of nitriles is 1. The maximum atomic E-state index is 11.7. The van der Waals surface area contributed by atoms with Crippen molar-refractivity contribution in [1.29, 1.82) is 5.26 Å². The molecule has 160 valence electrons. The van der Waals surface area contributed by atoms with Crippen LogP contribution in [0.2, 0.25) is 0 Å². The van der Waals surface area contributed by atoms with E-state index in [0.29, 0.717) is 38.2 Å². The number of carbonyl (C=O) groups is 1. The number of H-pyrrole nitrogens is 1. The summed E-state index contributed by atoms with van der Waals surface area (Å²) in [6.45, 7) is 6.24. The monoisotopic (exact) mass is 412 g/mol. The standard InChI is InChI=1S/C23H28N2O5/c1-3-6-23(10-19(26)27)22-18(5-8-30-23)20-15(11-24)9-16(14(2)21(20)25-22)12-29-17-4-7-28-13-17/h9,17,25H,3-8,10,12-13H2,1-2H3,(H,26,27). The maximum Gasteiger partial charge on any atom is 0.306 e. The second kappa shape index (κ2) is 8.38. The summed E-state index contributed by atoms with van der Waals surface area (Å²) < 4.78 is 17.5. The average Bonchev–Trinajstić information content (AvgIpc) is 3.36. The van der Waals surface area contributed by atoms with Crippen LogP contribution in [0.15, 0.2) is 6.07 Å². The number of carboxylic acid groups (broad SMARTS) is 1. The number of aromatic amines is 1. The van der Waals surface area contributed by atoms with Gasteiger partial charge in [0.25, 0.3) is 0 Å². The molecule has 2 atom stereocenters. The normalized spacial score (nSPS) is 23.4. The molecule has 0 spiro atoms. The number of aryl methyl sites for hydroxylation is 1. The second-order valence-electron chi connectivity index (χ2n) is 8.26. The number of aliphatic carboxylic acids is 1. The SMILES string of the molecule is CCCC1(CC(=O)O)OCCc2c1[nH]c1c(C)c(COC3CCOC3)cc(C#N)c21. The van der Waals surface area contributed by atoms with Gasteiger partial charge in [-0.15, -0.1) is 0 Å². The summed E-state index contributed by atoms with van der Waals surface area (Å²) in [6, 6.07) is 4.26. The van der Waals surface area contributed by atoms with Crippen molar-refractivity contribution in [3.05, 3.63) is 34.0 Å². The third-order valence-electron chi connectivity index (χ3n) is 6.31. The van der Waals surface area contributed by atoms with Crippen LogP contribution in [0.5, 0.6) is 0 Å². The quantitative estimate of drug-likeness (QED) is 0.719. The Morgan fingerprint density at radius 2 is 2.30 bits per heavy atom. The Morgan fingerprint density at radius 3 is 2.97 bits per heavy atom. The molecule has 2 unspecified atom stereocenters. The van der Waals surface area contributed by atoms with Gasteiger partial charge >= 0.3 is 5.97 Å². The van der Waals surface area contributed by atoms with Crippen molar-refractivity contribution in [1.82, 2.24) is 4.98 Å². The summed E-state index contributed by atoms with van der Waals surface area (Å²) >= 11 is 0. The lowest BCUT2D eigenvalue weighted by atomic mass is 9.84. The van der Waals surface area contributed by atoms with E-state index in [2.05, 4.69) is 11.1 Å². The Morgan fingerprint density at radius 1 is 1.47 bits per heavy atom. The first-order chi connectivity index (χ1) is 14.5. The summed E-state index contributed by atoms with van der Waals surface area (Å²) in [6.07, 6.45) is 2.94. The Bertz CT molecular complexity index is 999. The summed E-state index contributed by atoms with van der Waals surface area (Å²) in [5.74, 6) is -0.889. The molecule has 1 saturated heterocycles. The molecule has 7 nitrogen and oxygen atoms in total. The van der Waals surface area contributed by atoms with E-state index in [-0.39, 0.29) is 12.5 Å². The second-order valence-corrected chi connectivity index (χ2v) is 8.26. The van der Waals surface area contributed by atoms with E-state index >= 15 is 0 Å². The topological polar surface area (TPSA) is 105 Å². The largest absolute Gasteiger partial charge is 0.481 e. The molecule has 0 saturated carbocycles. The minimum Gasteiger partial charge on any atom is -0.481 e. The van der Waals surface area contributed by atoms with Crippen LogP contribution in [-0.2, 0) is 37.6 Å². The molecule has 3 heterocycles. The zero-order valence-electron chi connectivity index (χ0n) is 17.5. The number of hydrogen-bond donors (Lipinski definition) is 2. The number of carboxylic acids is 1. The van der Waals surface area contributed by atoms with Crippen LogP contribution in [0.25, 0.3) is 10.9 Å². The fraction of sp³-hybridized carbons (Fsp3) is 0.565. The summed E-state index contributed by atoms with van der Waals surface area (Å²) in [7, 11) is 0. The molecule has 7 heteroatoms. The van der Waals surface area contributed by atoms with Crippen LogP contribution in [0.4, 0.5) is 0 Å². The predicted molar refractivity (Wildman–Crippen MR) is 110 cm³/mol. The van der Waals surface area contributed by atoms with Crippen LogP contribution in [-0.4, -0.2) is 42.0 Å². The summed E-state index contributed by atoms with van der Waals surface area (Å²) in [5.41, 5.74) is 4.41. The highest BCUT2D eigenvalue weighted by molar-refractivity contribution is 5.94. The molecule has 2 N–H and O–H groups in total. The van der Waals surface area contributed by atoms with E-state index in [0.717, 1.165) is 52.7 Å². The zero-order valence-corrected chi connectivity index (χ0v) is 17.5. The van der Waals surface area contributed by atoms with Gasteiger partial charge in [-0.2, -0.15) is 5.26 Å². The first-order valence-corrected chi connectivity index (χ1v) is 10.6. The minimum atomic E-state index is -0.889. The van der Waals surface area contributed by atoms with Gasteiger partial charge in [0, 0.05) is 12.0 Å². The third-order valence-corrected chi connectivity index (χ3v) is 6.31. The molecule has 2 aliphatic heterocycles. The van der Waals surface area contributed by atoms with Crippen LogP contribution >= 0.6 is 0 Å². The third kappa shape index (κ3) is 3.60. The van der Waals surface area contributed by atoms with Gasteiger partial charge in [0.05, 0.1) is 55.2 Å². The smallest absolute Gasteiger partial charge is 0.306 e. The minimum absolute atomic E-state index is 0.0867. The summed E-state index contributed by atoms with van der Waals surface area (Å²) in [5, 5.41) is 20.3. The number of nitrogens with zero attached hydrogens (tertiary/aromatic N) is 1. The number of nitrogens with one attached hydrogen (secondary N) is 1. The number of fused-ring (bicyclic) bond motifs is 3. The molecule has 0 amide bonds. The van der Waals surface area contributed by atoms with Crippen molar-refractivity contribution in [2.75, 3.05) is 19.8 Å². The zero-order chi connectivity index (χ0) is 21.3. The van der Waals surface area contributed by atoms with Gasteiger partial charge in [-0.3, -0.25) is 4.79 Å². The first kappa shape index (κ1) is 20.9. The number of benzene rings is 1. The van der Waals surface area contributed by atoms with Gasteiger partial charge in [-0.1, -0.05) is 13.3 Å². The van der Waals surface area contributed by atoms with E-state index in [9.17, 15) is 15.2 Å². The molecule has 1 fully saturated rings. The molecule has 2 aliphatic rings. The predicted octanol–water partition coefficient (Wildman–Crippen LogP) is 3.70. The van der Waals surface area contributed by atoms with E-state index < -0.39 is 11.6 Å². The average molecular weight is 412 g/mol. The lowest BCUT2D eigenvalue weighted by Crippen LogP contribution is -2.37. The number of aromatic nitrogens is 1. The van der Waals surface area contributed by atoms with E-state index in [1.54, 1.807) is 0 Å². The molecule has 2 aromatic rings. The van der Waals surface area contributed by atoms with Crippen LogP contribution in [0, 0.1) is 18.3 Å². The Hall–Kier alpha value is -2.40. The van der Waals surface area contributed by atoms with Crippen molar-refractivity contribution < 1.29 is 24.1 Å². The van der Waals surface area contributed by atoms with E-state index in [4.69, 9.17) is 14.2 Å². The van der Waals surface area contributed by atoms with Gasteiger partial charge in [0.1, 0.15) is 5.60 Å². The van der Waals surface area contributed by atoms with E-state index in [1.807, 2.05) is 19.9 Å². The molecule has 0 aliphatic carbocycles. The highest BCUT2D eigenvalue weighted by Crippen LogP contribution is 2.44. The fourth-order valence-electron chi connectivity index (χ4n) is 4.86. The Balaban J connectivity index is 1.81. The Labute approximate surface area is 175 Å². The lowest BCUT2D eigenvalue weighted by Gasteiger charge is -2.36. The molecule has 30 heavy (non-hydrogen) atoms. The number of ether oxygens (including phenoxy) is 3. The van der Waals surface area contributed by atoms with Crippen molar-refractivity contribution in [3.63, 3.8) is 0 Å². The maximum absolute atomic E-state index is 11.7. The van der Waals surface area contributed by atoms with Crippen LogP contribution in [0.1, 0.15) is 60.6 Å². The number of rotatable bonds is 7. The van der Waals surface area contributed by atoms with Crippen molar-refractivity contribution in [2.24, 2.45) is 0 Å². The molecular weight excluding hydrogens is 384 g/mol. The molecule has 0 bridgehead atoms. The van der Waals surface area contributed by atoms with Crippen molar-refractivity contribution in [3.8, 4) is 6.07 Å². The van der Waals surface area contributed by atoms with E-state index in [1.165, 1.54) is 0 Å². The van der Waals surface area contributed by atoms with Gasteiger partial charge in [-0.25, -0.2) is 0 Å². The molecule has 0 radical (unpaired) electrons. The lowest BCUT2D eigenvalue weighted by molar-refractivity contribution is -0.149. The molecule has 1 aromatic carbocycles. The Kier molecular flexibility index (Phi) is 5.83. The van der Waals surface area contributed by atoms with Gasteiger partial charge in [-0.05, 0) is 48.9 Å². The van der Waals surface area contributed by atoms with Crippen LogP contribution in [0.3, 0.4) is 0 Å². The van der Waals surface area contributed by atoms with Crippen LogP contribution < -0.4 is 0 Å². The summed E-state index contributed by atoms with van der Waals surface area (Å²) in [4.78, 5) is 15.1. The van der Waals surface area contributed by atoms with Gasteiger partial charge in [0.15, 0.2) is 0 Å². The molecule has 1 aromatic heterocycles. The fourth-order valence-corrected chi connectivity index (χ4v) is 4.86. The van der Waals surface area contributed by atoms with Crippen molar-refractivity contribution in [2.45, 2.75) is 64.3 Å². The molecular formula is C23H28N2O5. The molecule has 4 rings (SSSR count). The van der Waals surface area contributed by atoms with Gasteiger partial charge in [0.2, 0.25) is 0 Å². The van der Waals surface area contributed by atoms with Gasteiger partial charge < -0.3 is 24.3 Å². The highest BCUT2D eigenvalue weighted by Gasteiger charge is 2.42. The van der Waals surface area contributed by atoms with Crippen molar-refractivity contribution >= 4 is 16.9 Å². The number of hydrogen-bond acceptors (Lipinski definition) is 5. The first-order valence-electron chi connectivity index (χ1n) is 10.6. The highest BCUT2D eigenvalue weighted by atomic mass is 16.5.